The van der Waals surface area contributed by atoms with E-state index in [4.69, 9.17) is 14.9 Å². The summed E-state index contributed by atoms with van der Waals surface area (Å²) in [5.74, 6) is 1.75. The Morgan fingerprint density at radius 2 is 2.03 bits per heavy atom. The van der Waals surface area contributed by atoms with Crippen LogP contribution in [0.5, 0.6) is 11.5 Å². The molecule has 7 nitrogen and oxygen atoms in total. The van der Waals surface area contributed by atoms with E-state index >= 15 is 0 Å². The van der Waals surface area contributed by atoms with Crippen molar-refractivity contribution < 1.29 is 14.3 Å². The van der Waals surface area contributed by atoms with Crippen molar-refractivity contribution in [3.8, 4) is 11.5 Å². The van der Waals surface area contributed by atoms with Gasteiger partial charge in [0.25, 0.3) is 5.91 Å². The quantitative estimate of drug-likeness (QED) is 0.744. The molecule has 0 aromatic heterocycles. The Bertz CT molecular complexity index is 963. The number of nitrogens with one attached hydrogen (secondary N) is 1. The maximum absolute atomic E-state index is 12.6. The molecule has 0 bridgehead atoms. The zero-order chi connectivity index (χ0) is 19.8. The lowest BCUT2D eigenvalue weighted by Gasteiger charge is -2.20. The van der Waals surface area contributed by atoms with Gasteiger partial charge in [-0.15, -0.1) is 0 Å². The summed E-state index contributed by atoms with van der Waals surface area (Å²) in [7, 11) is 0. The van der Waals surface area contributed by atoms with Crippen LogP contribution in [0.25, 0.3) is 6.08 Å². The number of hydrogen-bond donors (Lipinski definition) is 1. The SMILES string of the molecule is N=C1C(=Cc2ccc3c(c2)OCO3)C(=O)N=C2SC(CCC3CCCCC3)=NN12. The molecule has 29 heavy (non-hydrogen) atoms. The van der Waals surface area contributed by atoms with Gasteiger partial charge in [0.05, 0.1) is 5.57 Å². The fraction of sp³-hybridized carbons (Fsp3) is 0.429. The molecule has 3 heterocycles. The van der Waals surface area contributed by atoms with Crippen LogP contribution < -0.4 is 9.47 Å². The van der Waals surface area contributed by atoms with Gasteiger partial charge in [-0.25, -0.2) is 0 Å². The van der Waals surface area contributed by atoms with Crippen LogP contribution >= 0.6 is 11.8 Å². The lowest BCUT2D eigenvalue weighted by atomic mass is 9.86. The van der Waals surface area contributed by atoms with Crippen LogP contribution in [0.4, 0.5) is 0 Å². The molecular formula is C21H22N4O3S. The third-order valence-electron chi connectivity index (χ3n) is 5.70. The molecule has 4 aliphatic rings. The topological polar surface area (TPSA) is 87.3 Å². The van der Waals surface area contributed by atoms with Gasteiger partial charge in [-0.1, -0.05) is 38.2 Å². The summed E-state index contributed by atoms with van der Waals surface area (Å²) in [4.78, 5) is 16.7. The van der Waals surface area contributed by atoms with E-state index in [1.54, 1.807) is 18.2 Å². The lowest BCUT2D eigenvalue weighted by molar-refractivity contribution is -0.114. The van der Waals surface area contributed by atoms with Gasteiger partial charge in [0.1, 0.15) is 5.04 Å². The molecule has 0 radical (unpaired) electrons. The van der Waals surface area contributed by atoms with Gasteiger partial charge in [-0.2, -0.15) is 15.1 Å². The molecule has 0 unspecified atom stereocenters. The first kappa shape index (κ1) is 18.4. The second kappa shape index (κ2) is 7.67. The Balaban J connectivity index is 1.32. The van der Waals surface area contributed by atoms with Gasteiger partial charge in [0.15, 0.2) is 17.3 Å². The van der Waals surface area contributed by atoms with Gasteiger partial charge in [0.2, 0.25) is 12.0 Å². The number of hydrogen-bond acceptors (Lipinski definition) is 6. The van der Waals surface area contributed by atoms with Gasteiger partial charge in [0, 0.05) is 0 Å². The van der Waals surface area contributed by atoms with Gasteiger partial charge in [-0.3, -0.25) is 10.2 Å². The first-order chi connectivity index (χ1) is 14.2. The Hall–Kier alpha value is -2.61. The molecule has 1 aromatic carbocycles. The summed E-state index contributed by atoms with van der Waals surface area (Å²) in [6.45, 7) is 0.196. The number of benzene rings is 1. The maximum atomic E-state index is 12.6. The van der Waals surface area contributed by atoms with E-state index in [9.17, 15) is 4.79 Å². The summed E-state index contributed by atoms with van der Waals surface area (Å²) >= 11 is 1.42. The number of hydrazone groups is 1. The number of carbonyl (C=O) groups excluding carboxylic acids is 1. The standard InChI is InChI=1S/C21H22N4O3S/c22-19-15(10-14-6-8-16-17(11-14)28-12-27-16)20(26)23-21-25(19)24-18(29-21)9-7-13-4-2-1-3-5-13/h6,8,10-11,13,22H,1-5,7,9,12H2. The zero-order valence-corrected chi connectivity index (χ0v) is 16.8. The van der Waals surface area contributed by atoms with Crippen molar-refractivity contribution in [2.45, 2.75) is 44.9 Å². The minimum absolute atomic E-state index is 0.0674. The molecule has 8 heteroatoms. The number of nitrogens with zero attached hydrogens (tertiary/aromatic N) is 3. The van der Waals surface area contributed by atoms with Crippen molar-refractivity contribution in [3.63, 3.8) is 0 Å². The number of thioether (sulfide) groups is 1. The van der Waals surface area contributed by atoms with E-state index in [2.05, 4.69) is 10.1 Å². The van der Waals surface area contributed by atoms with E-state index in [-0.39, 0.29) is 18.2 Å². The van der Waals surface area contributed by atoms with E-state index < -0.39 is 5.91 Å². The van der Waals surface area contributed by atoms with Crippen molar-refractivity contribution in [2.75, 3.05) is 6.79 Å². The number of amides is 1. The van der Waals surface area contributed by atoms with Crippen LogP contribution in [0, 0.1) is 11.3 Å². The molecule has 1 N–H and O–H groups in total. The molecule has 150 valence electrons. The van der Waals surface area contributed by atoms with Crippen LogP contribution in [0.15, 0.2) is 33.9 Å². The summed E-state index contributed by atoms with van der Waals surface area (Å²) in [5.41, 5.74) is 0.986. The van der Waals surface area contributed by atoms with Crippen molar-refractivity contribution in [1.29, 1.82) is 5.41 Å². The summed E-state index contributed by atoms with van der Waals surface area (Å²) in [5, 5.41) is 16.0. The third-order valence-corrected chi connectivity index (χ3v) is 6.66. The van der Waals surface area contributed by atoms with Crippen molar-refractivity contribution in [2.24, 2.45) is 16.0 Å². The van der Waals surface area contributed by atoms with Gasteiger partial charge >= 0.3 is 0 Å². The smallest absolute Gasteiger partial charge is 0.283 e. The summed E-state index contributed by atoms with van der Waals surface area (Å²) in [6.07, 6.45) is 10.3. The molecular weight excluding hydrogens is 388 g/mol. The highest BCUT2D eigenvalue weighted by Crippen LogP contribution is 2.35. The molecule has 5 rings (SSSR count). The molecule has 1 aromatic rings. The fourth-order valence-corrected chi connectivity index (χ4v) is 5.01. The Labute approximate surface area is 173 Å². The van der Waals surface area contributed by atoms with Gasteiger partial charge < -0.3 is 9.47 Å². The molecule has 1 amide bonds. The van der Waals surface area contributed by atoms with Crippen molar-refractivity contribution in [1.82, 2.24) is 5.01 Å². The normalized spacial score (nSPS) is 22.8. The minimum Gasteiger partial charge on any atom is -0.454 e. The molecule has 0 atom stereocenters. The number of fused-ring (bicyclic) bond motifs is 2. The van der Waals surface area contributed by atoms with Crippen molar-refractivity contribution >= 4 is 39.8 Å². The van der Waals surface area contributed by atoms with E-state index in [1.165, 1.54) is 48.9 Å². The van der Waals surface area contributed by atoms with E-state index in [0.29, 0.717) is 16.7 Å². The zero-order valence-electron chi connectivity index (χ0n) is 16.0. The van der Waals surface area contributed by atoms with Crippen LogP contribution in [0.3, 0.4) is 0 Å². The third kappa shape index (κ3) is 3.69. The Morgan fingerprint density at radius 1 is 1.21 bits per heavy atom. The highest BCUT2D eigenvalue weighted by molar-refractivity contribution is 8.26. The first-order valence-electron chi connectivity index (χ1n) is 10.1. The molecule has 1 fully saturated rings. The maximum Gasteiger partial charge on any atom is 0.283 e. The Morgan fingerprint density at radius 3 is 2.90 bits per heavy atom. The van der Waals surface area contributed by atoms with E-state index in [0.717, 1.165) is 29.4 Å². The molecule has 1 saturated carbocycles. The first-order valence-corrected chi connectivity index (χ1v) is 10.9. The molecule has 0 spiro atoms. The lowest BCUT2D eigenvalue weighted by Crippen LogP contribution is -2.35. The predicted octanol–water partition coefficient (Wildman–Crippen LogP) is 4.39. The predicted molar refractivity (Wildman–Crippen MR) is 113 cm³/mol. The van der Waals surface area contributed by atoms with E-state index in [1.807, 2.05) is 6.07 Å². The Kier molecular flexibility index (Phi) is 4.87. The highest BCUT2D eigenvalue weighted by Gasteiger charge is 2.35. The molecule has 1 aliphatic carbocycles. The number of aliphatic imine (C=N–C) groups is 1. The van der Waals surface area contributed by atoms with Crippen LogP contribution in [0.2, 0.25) is 0 Å². The van der Waals surface area contributed by atoms with Crippen LogP contribution in [-0.4, -0.2) is 33.8 Å². The average molecular weight is 410 g/mol. The molecule has 0 saturated heterocycles. The fourth-order valence-electron chi connectivity index (χ4n) is 4.11. The van der Waals surface area contributed by atoms with Crippen LogP contribution in [0.1, 0.15) is 50.5 Å². The number of ether oxygens (including phenoxy) is 2. The summed E-state index contributed by atoms with van der Waals surface area (Å²) in [6, 6.07) is 5.43. The molecule has 3 aliphatic heterocycles. The van der Waals surface area contributed by atoms with Crippen molar-refractivity contribution in [3.05, 3.63) is 29.3 Å². The minimum atomic E-state index is -0.407. The summed E-state index contributed by atoms with van der Waals surface area (Å²) < 4.78 is 10.7. The number of amidine groups is 2. The largest absolute Gasteiger partial charge is 0.454 e. The second-order valence-electron chi connectivity index (χ2n) is 7.67. The number of carbonyl (C=O) groups is 1. The van der Waals surface area contributed by atoms with Gasteiger partial charge in [-0.05, 0) is 54.3 Å². The number of rotatable bonds is 4. The monoisotopic (exact) mass is 410 g/mol. The van der Waals surface area contributed by atoms with Crippen LogP contribution in [-0.2, 0) is 4.79 Å². The second-order valence-corrected chi connectivity index (χ2v) is 8.71. The highest BCUT2D eigenvalue weighted by atomic mass is 32.2. The average Bonchev–Trinajstić information content (AvgIpc) is 3.36.